The summed E-state index contributed by atoms with van der Waals surface area (Å²) in [5.41, 5.74) is 2.67. The molecule has 1 saturated heterocycles. The van der Waals surface area contributed by atoms with E-state index in [9.17, 15) is 4.79 Å². The van der Waals surface area contributed by atoms with Gasteiger partial charge >= 0.3 is 0 Å². The first-order valence-corrected chi connectivity index (χ1v) is 9.64. The monoisotopic (exact) mass is 383 g/mol. The van der Waals surface area contributed by atoms with Crippen molar-refractivity contribution >= 4 is 5.91 Å². The lowest BCUT2D eigenvalue weighted by Crippen LogP contribution is -2.56. The minimum atomic E-state index is -0.132. The predicted octanol–water partition coefficient (Wildman–Crippen LogP) is 3.77. The van der Waals surface area contributed by atoms with Gasteiger partial charge in [0, 0.05) is 18.5 Å². The van der Waals surface area contributed by atoms with E-state index in [2.05, 4.69) is 35.3 Å². The summed E-state index contributed by atoms with van der Waals surface area (Å²) in [4.78, 5) is 18.8. The Morgan fingerprint density at radius 2 is 1.66 bits per heavy atom. The van der Waals surface area contributed by atoms with Gasteiger partial charge in [0.05, 0.1) is 13.1 Å². The van der Waals surface area contributed by atoms with Crippen molar-refractivity contribution in [1.29, 1.82) is 5.26 Å². The van der Waals surface area contributed by atoms with Crippen LogP contribution in [-0.2, 0) is 4.79 Å². The van der Waals surface area contributed by atoms with Crippen LogP contribution in [0.1, 0.15) is 29.0 Å². The van der Waals surface area contributed by atoms with Crippen LogP contribution in [0.3, 0.4) is 0 Å². The van der Waals surface area contributed by atoms with Gasteiger partial charge in [-0.15, -0.1) is 0 Å². The highest BCUT2D eigenvalue weighted by molar-refractivity contribution is 5.78. The number of likely N-dealkylation sites (tertiary alicyclic amines) is 1. The summed E-state index contributed by atoms with van der Waals surface area (Å²) in [7, 11) is 0. The molecule has 3 aromatic rings. The SMILES string of the molecule is N#Cc1cccnc1OC1CN(C(=O)CC(c2ccccc2)c2ccccc2)C1. The van der Waals surface area contributed by atoms with Crippen molar-refractivity contribution in [2.24, 2.45) is 0 Å². The summed E-state index contributed by atoms with van der Waals surface area (Å²) in [5, 5.41) is 9.14. The van der Waals surface area contributed by atoms with Gasteiger partial charge in [-0.2, -0.15) is 5.26 Å². The molecule has 1 fully saturated rings. The Bertz CT molecular complexity index is 970. The first-order chi connectivity index (χ1) is 14.2. The second-order valence-electron chi connectivity index (χ2n) is 7.08. The van der Waals surface area contributed by atoms with E-state index in [-0.39, 0.29) is 17.9 Å². The predicted molar refractivity (Wildman–Crippen MR) is 109 cm³/mol. The quantitative estimate of drug-likeness (QED) is 0.650. The molecular weight excluding hydrogens is 362 g/mol. The number of ether oxygens (including phenoxy) is 1. The lowest BCUT2D eigenvalue weighted by atomic mass is 9.88. The van der Waals surface area contributed by atoms with Crippen LogP contribution < -0.4 is 4.74 Å². The van der Waals surface area contributed by atoms with Crippen molar-refractivity contribution in [1.82, 2.24) is 9.88 Å². The zero-order valence-electron chi connectivity index (χ0n) is 15.9. The molecule has 2 heterocycles. The molecule has 144 valence electrons. The number of benzene rings is 2. The summed E-state index contributed by atoms with van der Waals surface area (Å²) in [5.74, 6) is 0.452. The molecule has 0 spiro atoms. The van der Waals surface area contributed by atoms with Crippen LogP contribution in [0.25, 0.3) is 0 Å². The lowest BCUT2D eigenvalue weighted by Gasteiger charge is -2.39. The molecular formula is C24H21N3O2. The zero-order chi connectivity index (χ0) is 20.1. The zero-order valence-corrected chi connectivity index (χ0v) is 15.9. The molecule has 0 radical (unpaired) electrons. The second-order valence-corrected chi connectivity index (χ2v) is 7.08. The Morgan fingerprint density at radius 1 is 1.03 bits per heavy atom. The molecule has 0 aliphatic carbocycles. The highest BCUT2D eigenvalue weighted by Crippen LogP contribution is 2.30. The van der Waals surface area contributed by atoms with Crippen molar-refractivity contribution in [3.63, 3.8) is 0 Å². The minimum Gasteiger partial charge on any atom is -0.470 e. The molecule has 1 aliphatic heterocycles. The molecule has 0 atom stereocenters. The van der Waals surface area contributed by atoms with Crippen LogP contribution in [0.4, 0.5) is 0 Å². The Morgan fingerprint density at radius 3 is 2.24 bits per heavy atom. The van der Waals surface area contributed by atoms with Crippen LogP contribution >= 0.6 is 0 Å². The fourth-order valence-electron chi connectivity index (χ4n) is 3.55. The van der Waals surface area contributed by atoms with E-state index >= 15 is 0 Å². The van der Waals surface area contributed by atoms with Gasteiger partial charge in [-0.1, -0.05) is 60.7 Å². The third-order valence-corrected chi connectivity index (χ3v) is 5.15. The Labute approximate surface area is 170 Å². The van der Waals surface area contributed by atoms with E-state index in [0.29, 0.717) is 31.0 Å². The van der Waals surface area contributed by atoms with Gasteiger partial charge in [0.25, 0.3) is 0 Å². The molecule has 0 saturated carbocycles. The van der Waals surface area contributed by atoms with Crippen molar-refractivity contribution in [2.75, 3.05) is 13.1 Å². The van der Waals surface area contributed by atoms with Crippen LogP contribution in [0.2, 0.25) is 0 Å². The fourth-order valence-corrected chi connectivity index (χ4v) is 3.55. The van der Waals surface area contributed by atoms with E-state index in [4.69, 9.17) is 10.00 Å². The molecule has 0 unspecified atom stereocenters. The number of carbonyl (C=O) groups is 1. The first-order valence-electron chi connectivity index (χ1n) is 9.64. The number of nitriles is 1. The van der Waals surface area contributed by atoms with E-state index < -0.39 is 0 Å². The Kier molecular flexibility index (Phi) is 5.53. The molecule has 0 N–H and O–H groups in total. The van der Waals surface area contributed by atoms with Crippen LogP contribution in [-0.4, -0.2) is 35.0 Å². The second kappa shape index (κ2) is 8.57. The van der Waals surface area contributed by atoms with Gasteiger partial charge in [0.15, 0.2) is 0 Å². The highest BCUT2D eigenvalue weighted by atomic mass is 16.5. The average molecular weight is 383 g/mol. The normalized spacial score (nSPS) is 13.6. The standard InChI is InChI=1S/C24H21N3O2/c25-15-20-12-7-13-26-24(20)29-21-16-27(17-21)23(28)14-22(18-8-3-1-4-9-18)19-10-5-2-6-11-19/h1-13,21-22H,14,16-17H2. The van der Waals surface area contributed by atoms with Crippen molar-refractivity contribution in [2.45, 2.75) is 18.4 Å². The highest BCUT2D eigenvalue weighted by Gasteiger charge is 2.34. The minimum absolute atomic E-state index is 0.0193. The molecule has 4 rings (SSSR count). The third kappa shape index (κ3) is 4.27. The van der Waals surface area contributed by atoms with Crippen LogP contribution in [0.5, 0.6) is 5.88 Å². The number of nitrogens with zero attached hydrogens (tertiary/aromatic N) is 3. The van der Waals surface area contributed by atoms with E-state index in [1.807, 2.05) is 36.4 Å². The average Bonchev–Trinajstić information content (AvgIpc) is 2.75. The molecule has 29 heavy (non-hydrogen) atoms. The van der Waals surface area contributed by atoms with Crippen LogP contribution in [0, 0.1) is 11.3 Å². The van der Waals surface area contributed by atoms with E-state index in [1.54, 1.807) is 23.2 Å². The molecule has 1 aromatic heterocycles. The number of amides is 1. The molecule has 1 amide bonds. The number of pyridine rings is 1. The number of hydrogen-bond donors (Lipinski definition) is 0. The Balaban J connectivity index is 1.40. The maximum atomic E-state index is 12.9. The van der Waals surface area contributed by atoms with E-state index in [1.165, 1.54) is 0 Å². The largest absolute Gasteiger partial charge is 0.470 e. The number of carbonyl (C=O) groups excluding carboxylic acids is 1. The van der Waals surface area contributed by atoms with Gasteiger partial charge in [0.1, 0.15) is 17.7 Å². The molecule has 2 aromatic carbocycles. The summed E-state index contributed by atoms with van der Waals surface area (Å²) >= 11 is 0. The number of rotatable bonds is 6. The van der Waals surface area contributed by atoms with Crippen molar-refractivity contribution < 1.29 is 9.53 Å². The summed E-state index contributed by atoms with van der Waals surface area (Å²) < 4.78 is 5.80. The smallest absolute Gasteiger partial charge is 0.232 e. The van der Waals surface area contributed by atoms with Gasteiger partial charge in [0.2, 0.25) is 11.8 Å². The molecule has 5 nitrogen and oxygen atoms in total. The third-order valence-electron chi connectivity index (χ3n) is 5.15. The van der Waals surface area contributed by atoms with Crippen LogP contribution in [0.15, 0.2) is 79.0 Å². The molecule has 5 heteroatoms. The maximum absolute atomic E-state index is 12.9. The van der Waals surface area contributed by atoms with E-state index in [0.717, 1.165) is 11.1 Å². The van der Waals surface area contributed by atoms with Gasteiger partial charge in [-0.05, 0) is 23.3 Å². The lowest BCUT2D eigenvalue weighted by molar-refractivity contribution is -0.140. The molecule has 1 aliphatic rings. The Hall–Kier alpha value is -3.65. The van der Waals surface area contributed by atoms with Gasteiger partial charge in [-0.3, -0.25) is 4.79 Å². The summed E-state index contributed by atoms with van der Waals surface area (Å²) in [6.45, 7) is 1.02. The van der Waals surface area contributed by atoms with Gasteiger partial charge in [-0.25, -0.2) is 4.98 Å². The molecule has 0 bridgehead atoms. The summed E-state index contributed by atoms with van der Waals surface area (Å²) in [6.07, 6.45) is 1.88. The topological polar surface area (TPSA) is 66.2 Å². The van der Waals surface area contributed by atoms with Crippen molar-refractivity contribution in [3.05, 3.63) is 95.7 Å². The maximum Gasteiger partial charge on any atom is 0.232 e. The number of aromatic nitrogens is 1. The fraction of sp³-hybridized carbons (Fsp3) is 0.208. The first kappa shape index (κ1) is 18.7. The summed E-state index contributed by atoms with van der Waals surface area (Å²) in [6, 6.07) is 25.7. The van der Waals surface area contributed by atoms with Gasteiger partial charge < -0.3 is 9.64 Å². The van der Waals surface area contributed by atoms with Crippen molar-refractivity contribution in [3.8, 4) is 11.9 Å². The number of hydrogen-bond acceptors (Lipinski definition) is 4.